The summed E-state index contributed by atoms with van der Waals surface area (Å²) in [6.45, 7) is 1.83. The van der Waals surface area contributed by atoms with E-state index in [4.69, 9.17) is 16.9 Å². The molecule has 0 aliphatic rings. The first-order valence-electron chi connectivity index (χ1n) is 5.72. The van der Waals surface area contributed by atoms with E-state index in [1.807, 2.05) is 13.0 Å². The van der Waals surface area contributed by atoms with Crippen LogP contribution in [0.15, 0.2) is 47.4 Å². The molecule has 0 amide bonds. The lowest BCUT2D eigenvalue weighted by molar-refractivity contribution is 0.601. The van der Waals surface area contributed by atoms with Gasteiger partial charge in [-0.1, -0.05) is 29.8 Å². The van der Waals surface area contributed by atoms with Crippen LogP contribution in [0.25, 0.3) is 0 Å². The number of hydrogen-bond donors (Lipinski definition) is 1. The van der Waals surface area contributed by atoms with Crippen LogP contribution in [0.3, 0.4) is 0 Å². The third kappa shape index (κ3) is 2.93. The van der Waals surface area contributed by atoms with Crippen LogP contribution in [0.4, 0.5) is 5.69 Å². The molecule has 2 aromatic rings. The largest absolute Gasteiger partial charge is 0.278 e. The minimum atomic E-state index is -3.85. The van der Waals surface area contributed by atoms with Crippen molar-refractivity contribution in [3.63, 3.8) is 0 Å². The molecule has 0 saturated carbocycles. The third-order valence-corrected chi connectivity index (χ3v) is 4.42. The number of hydrogen-bond acceptors (Lipinski definition) is 3. The van der Waals surface area contributed by atoms with Crippen molar-refractivity contribution >= 4 is 27.3 Å². The van der Waals surface area contributed by atoms with Crippen LogP contribution in [0, 0.1) is 18.3 Å². The molecular formula is C14H11ClN2O2S. The molecule has 102 valence electrons. The maximum absolute atomic E-state index is 12.3. The van der Waals surface area contributed by atoms with Crippen LogP contribution in [0.5, 0.6) is 0 Å². The zero-order chi connectivity index (χ0) is 14.8. The van der Waals surface area contributed by atoms with Crippen LogP contribution < -0.4 is 4.72 Å². The van der Waals surface area contributed by atoms with Gasteiger partial charge >= 0.3 is 0 Å². The molecule has 1 N–H and O–H groups in total. The molecule has 0 atom stereocenters. The quantitative estimate of drug-likeness (QED) is 0.945. The second kappa shape index (κ2) is 5.53. The maximum atomic E-state index is 12.3. The Morgan fingerprint density at radius 3 is 2.60 bits per heavy atom. The van der Waals surface area contributed by atoms with E-state index in [1.54, 1.807) is 30.3 Å². The number of nitriles is 1. The van der Waals surface area contributed by atoms with Gasteiger partial charge in [0.25, 0.3) is 10.0 Å². The highest BCUT2D eigenvalue weighted by atomic mass is 35.5. The fraction of sp³-hybridized carbons (Fsp3) is 0.0714. The van der Waals surface area contributed by atoms with Crippen molar-refractivity contribution in [2.45, 2.75) is 11.8 Å². The first kappa shape index (κ1) is 14.4. The lowest BCUT2D eigenvalue weighted by atomic mass is 10.2. The van der Waals surface area contributed by atoms with Crippen molar-refractivity contribution in [2.75, 3.05) is 4.72 Å². The van der Waals surface area contributed by atoms with Crippen molar-refractivity contribution in [3.05, 3.63) is 58.6 Å². The summed E-state index contributed by atoms with van der Waals surface area (Å²) in [6.07, 6.45) is 0. The van der Waals surface area contributed by atoms with Crippen LogP contribution >= 0.6 is 11.6 Å². The molecule has 2 rings (SSSR count). The van der Waals surface area contributed by atoms with E-state index < -0.39 is 10.0 Å². The molecule has 0 aromatic heterocycles. The van der Waals surface area contributed by atoms with Gasteiger partial charge in [0.05, 0.1) is 16.3 Å². The molecule has 0 fully saturated rings. The summed E-state index contributed by atoms with van der Waals surface area (Å²) < 4.78 is 27.1. The smallest absolute Gasteiger partial charge is 0.263 e. The van der Waals surface area contributed by atoms with E-state index in [0.717, 1.165) is 5.56 Å². The van der Waals surface area contributed by atoms with E-state index in [1.165, 1.54) is 12.1 Å². The van der Waals surface area contributed by atoms with E-state index in [-0.39, 0.29) is 10.5 Å². The van der Waals surface area contributed by atoms with E-state index in [0.29, 0.717) is 10.7 Å². The Labute approximate surface area is 122 Å². The van der Waals surface area contributed by atoms with Crippen molar-refractivity contribution in [1.82, 2.24) is 0 Å². The molecule has 0 spiro atoms. The zero-order valence-corrected chi connectivity index (χ0v) is 12.2. The highest BCUT2D eigenvalue weighted by Gasteiger charge is 2.19. The Morgan fingerprint density at radius 2 is 1.90 bits per heavy atom. The Hall–Kier alpha value is -2.03. The monoisotopic (exact) mass is 306 g/mol. The average molecular weight is 307 g/mol. The number of benzene rings is 2. The normalized spacial score (nSPS) is 10.8. The molecule has 0 aliphatic carbocycles. The second-order valence-corrected chi connectivity index (χ2v) is 6.25. The van der Waals surface area contributed by atoms with E-state index >= 15 is 0 Å². The summed E-state index contributed by atoms with van der Waals surface area (Å²) in [4.78, 5) is -0.0694. The standard InChI is InChI=1S/C14H11ClN2O2S/c1-10-6-7-12(15)13(8-10)17-20(18,19)14-5-3-2-4-11(14)9-16/h2-8,17H,1H3. The average Bonchev–Trinajstić information content (AvgIpc) is 2.42. The van der Waals surface area contributed by atoms with Crippen LogP contribution in [-0.2, 0) is 10.0 Å². The molecule has 0 radical (unpaired) electrons. The number of sulfonamides is 1. The number of anilines is 1. The van der Waals surface area contributed by atoms with Gasteiger partial charge in [-0.25, -0.2) is 8.42 Å². The van der Waals surface area contributed by atoms with Gasteiger partial charge < -0.3 is 0 Å². The van der Waals surface area contributed by atoms with Gasteiger partial charge in [-0.15, -0.1) is 0 Å². The van der Waals surface area contributed by atoms with E-state index in [9.17, 15) is 8.42 Å². The summed E-state index contributed by atoms with van der Waals surface area (Å²) in [5, 5.41) is 9.28. The summed E-state index contributed by atoms with van der Waals surface area (Å²) in [5.41, 5.74) is 1.25. The zero-order valence-electron chi connectivity index (χ0n) is 10.6. The number of aryl methyl sites for hydroxylation is 1. The first-order chi connectivity index (χ1) is 9.44. The topological polar surface area (TPSA) is 70.0 Å². The SMILES string of the molecule is Cc1ccc(Cl)c(NS(=O)(=O)c2ccccc2C#N)c1. The number of nitrogens with zero attached hydrogens (tertiary/aromatic N) is 1. The molecular weight excluding hydrogens is 296 g/mol. The van der Waals surface area contributed by atoms with Crippen molar-refractivity contribution in [2.24, 2.45) is 0 Å². The predicted molar refractivity (Wildman–Crippen MR) is 78.2 cm³/mol. The molecule has 2 aromatic carbocycles. The van der Waals surface area contributed by atoms with Gasteiger partial charge in [-0.05, 0) is 36.8 Å². The van der Waals surface area contributed by atoms with Gasteiger partial charge in [0.1, 0.15) is 11.0 Å². The van der Waals surface area contributed by atoms with Crippen molar-refractivity contribution < 1.29 is 8.42 Å². The third-order valence-electron chi connectivity index (χ3n) is 2.66. The molecule has 0 saturated heterocycles. The van der Waals surface area contributed by atoms with Gasteiger partial charge in [-0.3, -0.25) is 4.72 Å². The molecule has 4 nitrogen and oxygen atoms in total. The van der Waals surface area contributed by atoms with Gasteiger partial charge in [0.15, 0.2) is 0 Å². The molecule has 0 aliphatic heterocycles. The predicted octanol–water partition coefficient (Wildman–Crippen LogP) is 3.32. The van der Waals surface area contributed by atoms with Crippen molar-refractivity contribution in [3.8, 4) is 6.07 Å². The Balaban J connectivity index is 2.47. The number of halogens is 1. The van der Waals surface area contributed by atoms with Crippen LogP contribution in [0.2, 0.25) is 5.02 Å². The van der Waals surface area contributed by atoms with Gasteiger partial charge in [0.2, 0.25) is 0 Å². The molecule has 0 heterocycles. The Bertz CT molecular complexity index is 795. The minimum Gasteiger partial charge on any atom is -0.278 e. The molecule has 20 heavy (non-hydrogen) atoms. The highest BCUT2D eigenvalue weighted by Crippen LogP contribution is 2.26. The van der Waals surface area contributed by atoms with Crippen LogP contribution in [-0.4, -0.2) is 8.42 Å². The number of nitrogens with one attached hydrogen (secondary N) is 1. The summed E-state index contributed by atoms with van der Waals surface area (Å²) in [5.74, 6) is 0. The molecule has 6 heteroatoms. The van der Waals surface area contributed by atoms with Gasteiger partial charge in [0, 0.05) is 0 Å². The van der Waals surface area contributed by atoms with Crippen molar-refractivity contribution in [1.29, 1.82) is 5.26 Å². The summed E-state index contributed by atoms with van der Waals surface area (Å²) in [7, 11) is -3.85. The fourth-order valence-corrected chi connectivity index (χ4v) is 3.16. The Morgan fingerprint density at radius 1 is 1.20 bits per heavy atom. The van der Waals surface area contributed by atoms with Gasteiger partial charge in [-0.2, -0.15) is 5.26 Å². The van der Waals surface area contributed by atoms with E-state index in [2.05, 4.69) is 4.72 Å². The highest BCUT2D eigenvalue weighted by molar-refractivity contribution is 7.92. The Kier molecular flexibility index (Phi) is 3.98. The van der Waals surface area contributed by atoms with Crippen LogP contribution in [0.1, 0.15) is 11.1 Å². The molecule has 0 unspecified atom stereocenters. The summed E-state index contributed by atoms with van der Waals surface area (Å²) in [6, 6.07) is 12.9. The first-order valence-corrected chi connectivity index (χ1v) is 7.58. The lowest BCUT2D eigenvalue weighted by Crippen LogP contribution is -2.14. The fourth-order valence-electron chi connectivity index (χ4n) is 1.71. The lowest BCUT2D eigenvalue weighted by Gasteiger charge is -2.11. The second-order valence-electron chi connectivity index (χ2n) is 4.20. The summed E-state index contributed by atoms with van der Waals surface area (Å²) >= 11 is 5.97. The maximum Gasteiger partial charge on any atom is 0.263 e. The minimum absolute atomic E-state index is 0.0694. The number of rotatable bonds is 3. The molecule has 0 bridgehead atoms.